The number of carbonyl (C=O) groups is 1. The molecule has 1 aromatic rings. The van der Waals surface area contributed by atoms with Crippen molar-refractivity contribution in [3.05, 3.63) is 28.7 Å². The molecule has 1 N–H and O–H groups in total. The van der Waals surface area contributed by atoms with Gasteiger partial charge in [-0.2, -0.15) is 0 Å². The Kier molecular flexibility index (Phi) is 5.25. The van der Waals surface area contributed by atoms with Crippen LogP contribution < -0.4 is 10.1 Å². The van der Waals surface area contributed by atoms with Crippen LogP contribution in [0, 0.1) is 5.92 Å². The van der Waals surface area contributed by atoms with Crippen LogP contribution in [0.2, 0.25) is 0 Å². The van der Waals surface area contributed by atoms with Gasteiger partial charge in [0.25, 0.3) is 5.91 Å². The molecule has 1 aromatic carbocycles. The summed E-state index contributed by atoms with van der Waals surface area (Å²) in [7, 11) is 0. The lowest BCUT2D eigenvalue weighted by Crippen LogP contribution is -2.40. The van der Waals surface area contributed by atoms with Crippen LogP contribution in [0.4, 0.5) is 0 Å². The van der Waals surface area contributed by atoms with Crippen LogP contribution in [0.1, 0.15) is 32.6 Å². The maximum absolute atomic E-state index is 11.8. The molecule has 0 aromatic heterocycles. The maximum Gasteiger partial charge on any atom is 0.258 e. The summed E-state index contributed by atoms with van der Waals surface area (Å²) in [4.78, 5) is 11.8. The molecule has 0 aliphatic heterocycles. The van der Waals surface area contributed by atoms with E-state index in [2.05, 4.69) is 28.2 Å². The molecule has 19 heavy (non-hydrogen) atoms. The number of ether oxygens (including phenoxy) is 1. The van der Waals surface area contributed by atoms with Gasteiger partial charge in [-0.25, -0.2) is 0 Å². The third-order valence-electron chi connectivity index (χ3n) is 3.49. The van der Waals surface area contributed by atoms with Crippen molar-refractivity contribution in [2.75, 3.05) is 6.61 Å². The minimum Gasteiger partial charge on any atom is -0.484 e. The van der Waals surface area contributed by atoms with Crippen molar-refractivity contribution in [1.82, 2.24) is 5.32 Å². The van der Waals surface area contributed by atoms with Gasteiger partial charge in [-0.1, -0.05) is 35.7 Å². The van der Waals surface area contributed by atoms with Gasteiger partial charge in [0, 0.05) is 10.5 Å². The highest BCUT2D eigenvalue weighted by Gasteiger charge is 2.20. The third kappa shape index (κ3) is 4.86. The van der Waals surface area contributed by atoms with Gasteiger partial charge in [-0.05, 0) is 43.0 Å². The second-order valence-corrected chi connectivity index (χ2v) is 6.19. The highest BCUT2D eigenvalue weighted by atomic mass is 79.9. The van der Waals surface area contributed by atoms with E-state index in [0.29, 0.717) is 12.0 Å². The molecular weight excluding hydrogens is 306 g/mol. The van der Waals surface area contributed by atoms with Crippen molar-refractivity contribution in [3.8, 4) is 5.75 Å². The summed E-state index contributed by atoms with van der Waals surface area (Å²) in [6.07, 6.45) is 4.67. The van der Waals surface area contributed by atoms with E-state index < -0.39 is 0 Å². The number of carbonyl (C=O) groups excluding carboxylic acids is 1. The van der Waals surface area contributed by atoms with E-state index in [1.54, 1.807) is 0 Å². The summed E-state index contributed by atoms with van der Waals surface area (Å²) in [6, 6.07) is 7.82. The van der Waals surface area contributed by atoms with Crippen molar-refractivity contribution in [2.24, 2.45) is 5.92 Å². The number of benzene rings is 1. The predicted octanol–water partition coefficient (Wildman–Crippen LogP) is 3.52. The van der Waals surface area contributed by atoms with Crippen LogP contribution >= 0.6 is 15.9 Å². The SMILES string of the molecule is CC1CCCC(NC(=O)COc2ccc(Br)cc2)C1. The van der Waals surface area contributed by atoms with Crippen molar-refractivity contribution >= 4 is 21.8 Å². The smallest absolute Gasteiger partial charge is 0.258 e. The Bertz CT molecular complexity index is 419. The first kappa shape index (κ1) is 14.4. The van der Waals surface area contributed by atoms with Crippen molar-refractivity contribution in [2.45, 2.75) is 38.6 Å². The van der Waals surface area contributed by atoms with E-state index in [1.807, 2.05) is 24.3 Å². The van der Waals surface area contributed by atoms with Crippen molar-refractivity contribution in [3.63, 3.8) is 0 Å². The standard InChI is InChI=1S/C15H20BrNO2/c1-11-3-2-4-13(9-11)17-15(18)10-19-14-7-5-12(16)6-8-14/h5-8,11,13H,2-4,9-10H2,1H3,(H,17,18). The highest BCUT2D eigenvalue weighted by molar-refractivity contribution is 9.10. The summed E-state index contributed by atoms with van der Waals surface area (Å²) in [6.45, 7) is 2.34. The fourth-order valence-electron chi connectivity index (χ4n) is 2.51. The molecule has 1 amide bonds. The first-order valence-corrected chi connectivity index (χ1v) is 7.60. The molecule has 3 nitrogen and oxygen atoms in total. The summed E-state index contributed by atoms with van der Waals surface area (Å²) < 4.78 is 6.46. The lowest BCUT2D eigenvalue weighted by Gasteiger charge is -2.27. The van der Waals surface area contributed by atoms with E-state index in [-0.39, 0.29) is 12.5 Å². The molecule has 0 radical (unpaired) electrons. The Morgan fingerprint density at radius 3 is 2.79 bits per heavy atom. The van der Waals surface area contributed by atoms with Gasteiger partial charge >= 0.3 is 0 Å². The van der Waals surface area contributed by atoms with E-state index in [9.17, 15) is 4.79 Å². The molecule has 2 rings (SSSR count). The van der Waals surface area contributed by atoms with Crippen LogP contribution in [-0.2, 0) is 4.79 Å². The van der Waals surface area contributed by atoms with Gasteiger partial charge < -0.3 is 10.1 Å². The molecule has 0 bridgehead atoms. The lowest BCUT2D eigenvalue weighted by atomic mass is 9.87. The summed E-state index contributed by atoms with van der Waals surface area (Å²) in [5, 5.41) is 3.06. The fraction of sp³-hybridized carbons (Fsp3) is 0.533. The molecule has 2 unspecified atom stereocenters. The van der Waals surface area contributed by atoms with Crippen molar-refractivity contribution in [1.29, 1.82) is 0 Å². The zero-order valence-corrected chi connectivity index (χ0v) is 12.8. The highest BCUT2D eigenvalue weighted by Crippen LogP contribution is 2.23. The normalized spacial score (nSPS) is 22.8. The lowest BCUT2D eigenvalue weighted by molar-refractivity contribution is -0.124. The minimum atomic E-state index is -0.0259. The number of amides is 1. The van der Waals surface area contributed by atoms with E-state index in [1.165, 1.54) is 12.8 Å². The average Bonchev–Trinajstić information content (AvgIpc) is 2.38. The monoisotopic (exact) mass is 325 g/mol. The zero-order chi connectivity index (χ0) is 13.7. The summed E-state index contributed by atoms with van der Waals surface area (Å²) >= 11 is 3.36. The molecule has 0 saturated heterocycles. The Morgan fingerprint density at radius 2 is 2.11 bits per heavy atom. The van der Waals surface area contributed by atoms with Crippen LogP contribution in [0.25, 0.3) is 0 Å². The van der Waals surface area contributed by atoms with E-state index in [0.717, 1.165) is 23.1 Å². The Morgan fingerprint density at radius 1 is 1.37 bits per heavy atom. The maximum atomic E-state index is 11.8. The average molecular weight is 326 g/mol. The molecular formula is C15H20BrNO2. The Balaban J connectivity index is 1.73. The summed E-state index contributed by atoms with van der Waals surface area (Å²) in [5.74, 6) is 1.41. The predicted molar refractivity (Wildman–Crippen MR) is 79.2 cm³/mol. The van der Waals surface area contributed by atoms with E-state index >= 15 is 0 Å². The first-order valence-electron chi connectivity index (χ1n) is 6.81. The largest absolute Gasteiger partial charge is 0.484 e. The number of hydrogen-bond donors (Lipinski definition) is 1. The minimum absolute atomic E-state index is 0.0259. The van der Waals surface area contributed by atoms with Crippen molar-refractivity contribution < 1.29 is 9.53 Å². The van der Waals surface area contributed by atoms with Gasteiger partial charge in [-0.3, -0.25) is 4.79 Å². The van der Waals surface area contributed by atoms with Gasteiger partial charge in [0.1, 0.15) is 5.75 Å². The van der Waals surface area contributed by atoms with Gasteiger partial charge in [0.05, 0.1) is 0 Å². The Hall–Kier alpha value is -1.03. The van der Waals surface area contributed by atoms with Gasteiger partial charge in [0.15, 0.2) is 6.61 Å². The van der Waals surface area contributed by atoms with Crippen LogP contribution in [0.5, 0.6) is 5.75 Å². The Labute approximate surface area is 122 Å². The number of nitrogens with one attached hydrogen (secondary N) is 1. The van der Waals surface area contributed by atoms with Crippen LogP contribution in [-0.4, -0.2) is 18.6 Å². The second-order valence-electron chi connectivity index (χ2n) is 5.28. The molecule has 104 valence electrons. The molecule has 4 heteroatoms. The fourth-order valence-corrected chi connectivity index (χ4v) is 2.78. The topological polar surface area (TPSA) is 38.3 Å². The third-order valence-corrected chi connectivity index (χ3v) is 4.01. The molecule has 1 aliphatic carbocycles. The molecule has 1 saturated carbocycles. The molecule has 0 heterocycles. The van der Waals surface area contributed by atoms with Gasteiger partial charge in [-0.15, -0.1) is 0 Å². The molecule has 2 atom stereocenters. The first-order chi connectivity index (χ1) is 9.13. The zero-order valence-electron chi connectivity index (χ0n) is 11.2. The molecule has 0 spiro atoms. The second kappa shape index (κ2) is 6.94. The number of halogens is 1. The quantitative estimate of drug-likeness (QED) is 0.919. The van der Waals surface area contributed by atoms with Crippen LogP contribution in [0.3, 0.4) is 0 Å². The van der Waals surface area contributed by atoms with E-state index in [4.69, 9.17) is 4.74 Å². The summed E-state index contributed by atoms with van der Waals surface area (Å²) in [5.41, 5.74) is 0. The number of rotatable bonds is 4. The molecule has 1 aliphatic rings. The van der Waals surface area contributed by atoms with Gasteiger partial charge in [0.2, 0.25) is 0 Å². The number of hydrogen-bond acceptors (Lipinski definition) is 2. The van der Waals surface area contributed by atoms with Crippen LogP contribution in [0.15, 0.2) is 28.7 Å². The molecule has 1 fully saturated rings.